The highest BCUT2D eigenvalue weighted by Gasteiger charge is 2.36. The fraction of sp³-hybridized carbons (Fsp3) is 0.429. The first kappa shape index (κ1) is 12.5. The third-order valence-corrected chi connectivity index (χ3v) is 3.70. The molecular weight excluding hydrogens is 230 g/mol. The van der Waals surface area contributed by atoms with Crippen LogP contribution in [0.25, 0.3) is 0 Å². The lowest BCUT2D eigenvalue weighted by molar-refractivity contribution is 0.0696. The summed E-state index contributed by atoms with van der Waals surface area (Å²) in [7, 11) is 0. The van der Waals surface area contributed by atoms with Crippen LogP contribution in [0.4, 0.5) is 0 Å². The summed E-state index contributed by atoms with van der Waals surface area (Å²) in [6, 6.07) is 5.29. The maximum Gasteiger partial charge on any atom is 0.335 e. The van der Waals surface area contributed by atoms with Crippen molar-refractivity contribution < 1.29 is 14.7 Å². The number of carbonyl (C=O) groups excluding carboxylic acids is 1. The first-order valence-corrected chi connectivity index (χ1v) is 6.02. The van der Waals surface area contributed by atoms with Crippen molar-refractivity contribution in [3.63, 3.8) is 0 Å². The van der Waals surface area contributed by atoms with Crippen molar-refractivity contribution in [3.8, 4) is 0 Å². The summed E-state index contributed by atoms with van der Waals surface area (Å²) in [4.78, 5) is 25.7. The second-order valence-electron chi connectivity index (χ2n) is 4.78. The van der Waals surface area contributed by atoms with E-state index in [4.69, 9.17) is 5.11 Å². The van der Waals surface area contributed by atoms with Gasteiger partial charge in [0, 0.05) is 0 Å². The molecule has 1 N–H and O–H groups in total. The molecule has 0 spiro atoms. The van der Waals surface area contributed by atoms with Gasteiger partial charge < -0.3 is 5.11 Å². The van der Waals surface area contributed by atoms with Gasteiger partial charge in [0.1, 0.15) is 0 Å². The Labute approximate surface area is 105 Å². The quantitative estimate of drug-likeness (QED) is 0.657. The van der Waals surface area contributed by atoms with E-state index in [1.165, 1.54) is 0 Å². The first-order valence-electron chi connectivity index (χ1n) is 6.02. The Morgan fingerprint density at radius 1 is 1.39 bits per heavy atom. The van der Waals surface area contributed by atoms with Crippen molar-refractivity contribution in [2.45, 2.75) is 38.1 Å². The summed E-state index contributed by atoms with van der Waals surface area (Å²) in [6.07, 6.45) is 5.21. The zero-order valence-corrected chi connectivity index (χ0v) is 10.3. The van der Waals surface area contributed by atoms with Crippen molar-refractivity contribution in [2.24, 2.45) is 4.99 Å². The minimum absolute atomic E-state index is 0.278. The van der Waals surface area contributed by atoms with E-state index >= 15 is 0 Å². The zero-order valence-electron chi connectivity index (χ0n) is 10.3. The van der Waals surface area contributed by atoms with Crippen LogP contribution in [0.3, 0.4) is 0 Å². The number of aliphatic imine (C=N–C) groups is 1. The van der Waals surface area contributed by atoms with Gasteiger partial charge in [-0.2, -0.15) is 4.99 Å². The molecule has 18 heavy (non-hydrogen) atoms. The number of carboxylic acids is 1. The van der Waals surface area contributed by atoms with Crippen molar-refractivity contribution in [1.29, 1.82) is 0 Å². The normalized spacial score (nSPS) is 17.2. The van der Waals surface area contributed by atoms with Crippen LogP contribution in [-0.4, -0.2) is 17.2 Å². The number of isocyanates is 1. The van der Waals surface area contributed by atoms with Gasteiger partial charge in [0.05, 0.1) is 11.1 Å². The van der Waals surface area contributed by atoms with Crippen LogP contribution in [0.1, 0.15) is 47.2 Å². The highest BCUT2D eigenvalue weighted by molar-refractivity contribution is 5.89. The van der Waals surface area contributed by atoms with Crippen LogP contribution in [0, 0.1) is 6.92 Å². The fourth-order valence-electron chi connectivity index (χ4n) is 2.65. The van der Waals surface area contributed by atoms with Crippen LogP contribution in [0.15, 0.2) is 23.2 Å². The first-order chi connectivity index (χ1) is 8.59. The Morgan fingerprint density at radius 3 is 2.61 bits per heavy atom. The summed E-state index contributed by atoms with van der Waals surface area (Å²) < 4.78 is 0. The number of benzene rings is 1. The second-order valence-corrected chi connectivity index (χ2v) is 4.78. The standard InChI is InChI=1S/C14H15NO3/c1-10-4-5-11(8-12(10)13(17)18)14(15-9-16)6-2-3-7-14/h4-5,8H,2-3,6-7H2,1H3,(H,17,18). The maximum atomic E-state index is 11.1. The topological polar surface area (TPSA) is 66.7 Å². The van der Waals surface area contributed by atoms with Crippen molar-refractivity contribution in [3.05, 3.63) is 34.9 Å². The van der Waals surface area contributed by atoms with Crippen molar-refractivity contribution in [1.82, 2.24) is 0 Å². The molecule has 0 aromatic heterocycles. The van der Waals surface area contributed by atoms with E-state index in [1.54, 1.807) is 25.1 Å². The van der Waals surface area contributed by atoms with Gasteiger partial charge in [-0.25, -0.2) is 9.59 Å². The number of aromatic carboxylic acids is 1. The lowest BCUT2D eigenvalue weighted by Gasteiger charge is -2.23. The van der Waals surface area contributed by atoms with E-state index in [2.05, 4.69) is 4.99 Å². The molecule has 2 rings (SSSR count). The van der Waals surface area contributed by atoms with E-state index in [-0.39, 0.29) is 5.56 Å². The number of carboxylic acid groups (broad SMARTS) is 1. The molecule has 1 saturated carbocycles. The van der Waals surface area contributed by atoms with Gasteiger partial charge in [-0.05, 0) is 37.0 Å². The van der Waals surface area contributed by atoms with Gasteiger partial charge in [0.15, 0.2) is 0 Å². The Balaban J connectivity index is 2.52. The smallest absolute Gasteiger partial charge is 0.335 e. The Hall–Kier alpha value is -1.93. The molecule has 0 saturated heterocycles. The van der Waals surface area contributed by atoms with Gasteiger partial charge in [0.25, 0.3) is 0 Å². The highest BCUT2D eigenvalue weighted by atomic mass is 16.4. The van der Waals surface area contributed by atoms with E-state index in [9.17, 15) is 9.59 Å². The lowest BCUT2D eigenvalue weighted by Crippen LogP contribution is -2.19. The minimum Gasteiger partial charge on any atom is -0.478 e. The predicted octanol–water partition coefficient (Wildman–Crippen LogP) is 2.80. The third kappa shape index (κ3) is 2.07. The third-order valence-electron chi connectivity index (χ3n) is 3.70. The number of aryl methyl sites for hydroxylation is 1. The molecule has 0 atom stereocenters. The van der Waals surface area contributed by atoms with E-state index in [1.807, 2.05) is 6.07 Å². The van der Waals surface area contributed by atoms with Crippen LogP contribution >= 0.6 is 0 Å². The molecule has 94 valence electrons. The zero-order chi connectivity index (χ0) is 13.2. The Kier molecular flexibility index (Phi) is 3.30. The van der Waals surface area contributed by atoms with Crippen LogP contribution < -0.4 is 0 Å². The lowest BCUT2D eigenvalue weighted by atomic mass is 9.87. The summed E-state index contributed by atoms with van der Waals surface area (Å²) in [5.74, 6) is -0.947. The number of hydrogen-bond acceptors (Lipinski definition) is 3. The van der Waals surface area contributed by atoms with Gasteiger partial charge in [0.2, 0.25) is 6.08 Å². The number of nitrogens with zero attached hydrogens (tertiary/aromatic N) is 1. The van der Waals surface area contributed by atoms with Crippen LogP contribution in [-0.2, 0) is 10.3 Å². The van der Waals surface area contributed by atoms with E-state index < -0.39 is 11.5 Å². The van der Waals surface area contributed by atoms with Gasteiger partial charge in [-0.15, -0.1) is 0 Å². The molecule has 1 aliphatic rings. The average molecular weight is 245 g/mol. The molecule has 0 aliphatic heterocycles. The minimum atomic E-state index is -0.947. The van der Waals surface area contributed by atoms with Crippen molar-refractivity contribution in [2.75, 3.05) is 0 Å². The van der Waals surface area contributed by atoms with Gasteiger partial charge in [-0.3, -0.25) is 0 Å². The molecule has 4 nitrogen and oxygen atoms in total. The van der Waals surface area contributed by atoms with E-state index in [0.29, 0.717) is 0 Å². The SMILES string of the molecule is Cc1ccc(C2(N=C=O)CCCC2)cc1C(=O)O. The molecule has 4 heteroatoms. The number of hydrogen-bond donors (Lipinski definition) is 1. The monoisotopic (exact) mass is 245 g/mol. The summed E-state index contributed by atoms with van der Waals surface area (Å²) in [5, 5.41) is 9.14. The molecule has 0 heterocycles. The largest absolute Gasteiger partial charge is 0.478 e. The Morgan fingerprint density at radius 2 is 2.06 bits per heavy atom. The van der Waals surface area contributed by atoms with Crippen LogP contribution in [0.5, 0.6) is 0 Å². The fourth-order valence-corrected chi connectivity index (χ4v) is 2.65. The Bertz CT molecular complexity index is 524. The maximum absolute atomic E-state index is 11.1. The van der Waals surface area contributed by atoms with Gasteiger partial charge >= 0.3 is 5.97 Å². The summed E-state index contributed by atoms with van der Waals surface area (Å²) >= 11 is 0. The summed E-state index contributed by atoms with van der Waals surface area (Å²) in [5.41, 5.74) is 1.25. The molecule has 0 unspecified atom stereocenters. The molecule has 0 amide bonds. The molecule has 0 radical (unpaired) electrons. The van der Waals surface area contributed by atoms with Crippen molar-refractivity contribution >= 4 is 12.0 Å². The average Bonchev–Trinajstić information content (AvgIpc) is 2.79. The number of carbonyl (C=O) groups is 1. The van der Waals surface area contributed by atoms with Crippen LogP contribution in [0.2, 0.25) is 0 Å². The molecule has 1 fully saturated rings. The second kappa shape index (κ2) is 4.75. The molecular formula is C14H15NO3. The molecule has 1 aliphatic carbocycles. The molecule has 1 aromatic rings. The number of rotatable bonds is 3. The van der Waals surface area contributed by atoms with Gasteiger partial charge in [-0.1, -0.05) is 25.0 Å². The highest BCUT2D eigenvalue weighted by Crippen LogP contribution is 2.42. The molecule has 1 aromatic carbocycles. The molecule has 0 bridgehead atoms. The predicted molar refractivity (Wildman–Crippen MR) is 66.4 cm³/mol. The van der Waals surface area contributed by atoms with E-state index in [0.717, 1.165) is 36.8 Å². The summed E-state index contributed by atoms with van der Waals surface area (Å²) in [6.45, 7) is 1.76.